The molecule has 2 rings (SSSR count). The third kappa shape index (κ3) is 3.18. The molecule has 3 nitrogen and oxygen atoms in total. The van der Waals surface area contributed by atoms with Crippen LogP contribution in [0.5, 0.6) is 0 Å². The van der Waals surface area contributed by atoms with Crippen molar-refractivity contribution in [2.24, 2.45) is 5.41 Å². The smallest absolute Gasteiger partial charge is 0.410 e. The molecule has 2 unspecified atom stereocenters. The van der Waals surface area contributed by atoms with E-state index < -0.39 is 5.60 Å². The Morgan fingerprint density at radius 1 is 1.36 bits per heavy atom. The number of hydrogen-bond acceptors (Lipinski definition) is 2. The van der Waals surface area contributed by atoms with Crippen LogP contribution in [-0.4, -0.2) is 23.6 Å². The third-order valence-electron chi connectivity index (χ3n) is 4.77. The van der Waals surface area contributed by atoms with Crippen molar-refractivity contribution in [1.29, 1.82) is 0 Å². The molecule has 0 aliphatic carbocycles. The Hall–Kier alpha value is -1.77. The van der Waals surface area contributed by atoms with Crippen molar-refractivity contribution < 1.29 is 9.53 Å². The molecule has 1 amide bonds. The highest BCUT2D eigenvalue weighted by molar-refractivity contribution is 5.70. The average molecular weight is 301 g/mol. The highest BCUT2D eigenvalue weighted by Crippen LogP contribution is 2.39. The van der Waals surface area contributed by atoms with Crippen molar-refractivity contribution in [3.8, 4) is 0 Å². The summed E-state index contributed by atoms with van der Waals surface area (Å²) in [6.07, 6.45) is 3.04. The third-order valence-corrected chi connectivity index (χ3v) is 4.77. The highest BCUT2D eigenvalue weighted by atomic mass is 16.6. The van der Waals surface area contributed by atoms with Crippen molar-refractivity contribution in [1.82, 2.24) is 4.90 Å². The lowest BCUT2D eigenvalue weighted by Crippen LogP contribution is -2.54. The molecule has 1 fully saturated rings. The SMILES string of the molecule is C=CCC1(c2ccccc2)CCN(C(C)C(C)(C)C)C(=O)O1. The first-order valence-electron chi connectivity index (χ1n) is 7.96. The van der Waals surface area contributed by atoms with E-state index in [4.69, 9.17) is 4.74 Å². The van der Waals surface area contributed by atoms with Crippen LogP contribution in [0.2, 0.25) is 0 Å². The van der Waals surface area contributed by atoms with Gasteiger partial charge in [-0.15, -0.1) is 6.58 Å². The molecular formula is C19H27NO2. The zero-order valence-electron chi connectivity index (χ0n) is 14.1. The van der Waals surface area contributed by atoms with Gasteiger partial charge in [0.25, 0.3) is 0 Å². The van der Waals surface area contributed by atoms with Gasteiger partial charge in [-0.05, 0) is 17.9 Å². The van der Waals surface area contributed by atoms with Crippen molar-refractivity contribution in [3.63, 3.8) is 0 Å². The highest BCUT2D eigenvalue weighted by Gasteiger charge is 2.44. The molecule has 0 N–H and O–H groups in total. The van der Waals surface area contributed by atoms with Gasteiger partial charge in [0.1, 0.15) is 5.60 Å². The number of benzene rings is 1. The van der Waals surface area contributed by atoms with Crippen LogP contribution < -0.4 is 0 Å². The van der Waals surface area contributed by atoms with Crippen LogP contribution in [0, 0.1) is 5.41 Å². The molecule has 1 aromatic carbocycles. The van der Waals surface area contributed by atoms with Gasteiger partial charge in [0.05, 0.1) is 0 Å². The van der Waals surface area contributed by atoms with Crippen LogP contribution >= 0.6 is 0 Å². The minimum Gasteiger partial charge on any atom is -0.437 e. The Balaban J connectivity index is 2.25. The van der Waals surface area contributed by atoms with E-state index in [9.17, 15) is 4.79 Å². The van der Waals surface area contributed by atoms with Gasteiger partial charge in [0, 0.05) is 25.4 Å². The van der Waals surface area contributed by atoms with Crippen molar-refractivity contribution in [2.45, 2.75) is 52.2 Å². The molecule has 3 heteroatoms. The zero-order valence-corrected chi connectivity index (χ0v) is 14.1. The monoisotopic (exact) mass is 301 g/mol. The van der Waals surface area contributed by atoms with Crippen molar-refractivity contribution >= 4 is 6.09 Å². The molecule has 2 atom stereocenters. The topological polar surface area (TPSA) is 29.5 Å². The van der Waals surface area contributed by atoms with E-state index in [1.165, 1.54) is 0 Å². The number of ether oxygens (including phenoxy) is 1. The molecule has 22 heavy (non-hydrogen) atoms. The van der Waals surface area contributed by atoms with Crippen molar-refractivity contribution in [2.75, 3.05) is 6.54 Å². The zero-order chi connectivity index (χ0) is 16.4. The minimum absolute atomic E-state index is 0.0319. The van der Waals surface area contributed by atoms with E-state index in [0.29, 0.717) is 13.0 Å². The summed E-state index contributed by atoms with van der Waals surface area (Å²) in [7, 11) is 0. The van der Waals surface area contributed by atoms with Gasteiger partial charge in [-0.1, -0.05) is 57.2 Å². The number of hydrogen-bond donors (Lipinski definition) is 0. The number of carbonyl (C=O) groups is 1. The predicted octanol–water partition coefficient (Wildman–Crippen LogP) is 4.73. The molecule has 0 saturated carbocycles. The Morgan fingerprint density at radius 2 is 2.00 bits per heavy atom. The van der Waals surface area contributed by atoms with Gasteiger partial charge in [-0.3, -0.25) is 0 Å². The van der Waals surface area contributed by atoms with Gasteiger partial charge in [-0.2, -0.15) is 0 Å². The van der Waals surface area contributed by atoms with Gasteiger partial charge in [-0.25, -0.2) is 4.79 Å². The second-order valence-electron chi connectivity index (χ2n) is 7.21. The standard InChI is InChI=1S/C19H27NO2/c1-6-12-19(16-10-8-7-9-11-16)13-14-20(17(21)22-19)15(2)18(3,4)5/h6-11,15H,1,12-14H2,2-5H3. The summed E-state index contributed by atoms with van der Waals surface area (Å²) in [6, 6.07) is 10.1. The lowest BCUT2D eigenvalue weighted by Gasteiger charge is -2.46. The van der Waals surface area contributed by atoms with Gasteiger partial charge in [0.15, 0.2) is 0 Å². The summed E-state index contributed by atoms with van der Waals surface area (Å²) in [5.74, 6) is 0. The fraction of sp³-hybridized carbons (Fsp3) is 0.526. The number of nitrogens with zero attached hydrogens (tertiary/aromatic N) is 1. The average Bonchev–Trinajstić information content (AvgIpc) is 2.47. The summed E-state index contributed by atoms with van der Waals surface area (Å²) in [4.78, 5) is 14.5. The largest absolute Gasteiger partial charge is 0.437 e. The minimum atomic E-state index is -0.575. The van der Waals surface area contributed by atoms with E-state index in [1.54, 1.807) is 0 Å². The normalized spacial score (nSPS) is 23.8. The van der Waals surface area contributed by atoms with Crippen LogP contribution in [0.3, 0.4) is 0 Å². The lowest BCUT2D eigenvalue weighted by atomic mass is 9.83. The quantitative estimate of drug-likeness (QED) is 0.752. The molecule has 1 aliphatic rings. The molecule has 1 heterocycles. The first kappa shape index (κ1) is 16.6. The Morgan fingerprint density at radius 3 is 2.50 bits per heavy atom. The Labute approximate surface area is 134 Å². The maximum Gasteiger partial charge on any atom is 0.410 e. The molecule has 1 aromatic rings. The van der Waals surface area contributed by atoms with E-state index in [1.807, 2.05) is 41.3 Å². The fourth-order valence-electron chi connectivity index (χ4n) is 2.93. The molecule has 0 radical (unpaired) electrons. The fourth-order valence-corrected chi connectivity index (χ4v) is 2.93. The van der Waals surface area contributed by atoms with E-state index in [0.717, 1.165) is 12.0 Å². The molecule has 0 aromatic heterocycles. The van der Waals surface area contributed by atoms with E-state index >= 15 is 0 Å². The number of carbonyl (C=O) groups excluding carboxylic acids is 1. The van der Waals surface area contributed by atoms with Crippen LogP contribution in [-0.2, 0) is 10.3 Å². The maximum absolute atomic E-state index is 12.6. The first-order chi connectivity index (χ1) is 10.3. The molecule has 0 bridgehead atoms. The number of cyclic esters (lactones) is 1. The summed E-state index contributed by atoms with van der Waals surface area (Å²) in [6.45, 7) is 13.1. The van der Waals surface area contributed by atoms with Crippen LogP contribution in [0.15, 0.2) is 43.0 Å². The summed E-state index contributed by atoms with van der Waals surface area (Å²) in [5.41, 5.74) is 0.504. The van der Waals surface area contributed by atoms with Crippen LogP contribution in [0.4, 0.5) is 4.79 Å². The number of amides is 1. The lowest BCUT2D eigenvalue weighted by molar-refractivity contribution is -0.0677. The molecule has 120 valence electrons. The maximum atomic E-state index is 12.6. The Bertz CT molecular complexity index is 532. The van der Waals surface area contributed by atoms with Crippen LogP contribution in [0.25, 0.3) is 0 Å². The van der Waals surface area contributed by atoms with Crippen molar-refractivity contribution in [3.05, 3.63) is 48.6 Å². The molecular weight excluding hydrogens is 274 g/mol. The predicted molar refractivity (Wildman–Crippen MR) is 89.7 cm³/mol. The summed E-state index contributed by atoms with van der Waals surface area (Å²) < 4.78 is 5.95. The van der Waals surface area contributed by atoms with Gasteiger partial charge >= 0.3 is 6.09 Å². The van der Waals surface area contributed by atoms with Gasteiger partial charge < -0.3 is 9.64 Å². The second-order valence-corrected chi connectivity index (χ2v) is 7.21. The van der Waals surface area contributed by atoms with Gasteiger partial charge in [0.2, 0.25) is 0 Å². The van der Waals surface area contributed by atoms with Crippen LogP contribution in [0.1, 0.15) is 46.1 Å². The first-order valence-corrected chi connectivity index (χ1v) is 7.96. The summed E-state index contributed by atoms with van der Waals surface area (Å²) >= 11 is 0. The Kier molecular flexibility index (Phi) is 4.64. The number of rotatable bonds is 4. The molecule has 0 spiro atoms. The molecule has 1 aliphatic heterocycles. The van der Waals surface area contributed by atoms with E-state index in [2.05, 4.69) is 34.3 Å². The summed E-state index contributed by atoms with van der Waals surface area (Å²) in [5, 5.41) is 0. The second kappa shape index (κ2) is 6.15. The van der Waals surface area contributed by atoms with E-state index in [-0.39, 0.29) is 17.6 Å². The molecule has 1 saturated heterocycles.